The van der Waals surface area contributed by atoms with Crippen molar-refractivity contribution in [2.24, 2.45) is 7.05 Å². The summed E-state index contributed by atoms with van der Waals surface area (Å²) >= 11 is 7.51. The molecule has 0 amide bonds. The van der Waals surface area contributed by atoms with Gasteiger partial charge in [0.15, 0.2) is 5.13 Å². The topological polar surface area (TPSA) is 42.7 Å². The molecule has 1 aromatic carbocycles. The molecule has 0 saturated carbocycles. The van der Waals surface area contributed by atoms with E-state index in [1.165, 1.54) is 17.4 Å². The molecule has 0 radical (unpaired) electrons. The third-order valence-corrected chi connectivity index (χ3v) is 4.71. The lowest BCUT2D eigenvalue weighted by Gasteiger charge is -2.06. The molecule has 0 saturated heterocycles. The molecule has 3 aromatic rings. The maximum Gasteiger partial charge on any atom is 0.183 e. The fourth-order valence-corrected chi connectivity index (χ4v) is 3.27. The molecule has 0 aliphatic rings. The van der Waals surface area contributed by atoms with Gasteiger partial charge in [-0.05, 0) is 25.1 Å². The van der Waals surface area contributed by atoms with Crippen LogP contribution in [0.3, 0.4) is 0 Å². The first kappa shape index (κ1) is 15.0. The lowest BCUT2D eigenvalue weighted by atomic mass is 10.2. The summed E-state index contributed by atoms with van der Waals surface area (Å²) < 4.78 is 15.5. The maximum absolute atomic E-state index is 13.8. The van der Waals surface area contributed by atoms with Crippen LogP contribution < -0.4 is 5.32 Å². The molecule has 0 unspecified atom stereocenters. The number of anilines is 1. The Morgan fingerprint density at radius 1 is 1.36 bits per heavy atom. The van der Waals surface area contributed by atoms with Crippen molar-refractivity contribution in [2.75, 3.05) is 5.32 Å². The van der Waals surface area contributed by atoms with Crippen LogP contribution in [0.4, 0.5) is 9.52 Å². The van der Waals surface area contributed by atoms with Gasteiger partial charge in [0.25, 0.3) is 0 Å². The van der Waals surface area contributed by atoms with Crippen LogP contribution in [0.5, 0.6) is 0 Å². The van der Waals surface area contributed by atoms with E-state index in [9.17, 15) is 4.39 Å². The fraction of sp³-hybridized carbons (Fsp3) is 0.200. The molecule has 3 rings (SSSR count). The second kappa shape index (κ2) is 6.06. The summed E-state index contributed by atoms with van der Waals surface area (Å²) in [6.07, 6.45) is 1.89. The summed E-state index contributed by atoms with van der Waals surface area (Å²) in [6, 6.07) is 6.61. The SMILES string of the molecule is Cc1nc(NCc2c(F)cccc2Cl)sc1-c1ccn(C)n1. The molecule has 114 valence electrons. The molecule has 0 aliphatic heterocycles. The zero-order chi connectivity index (χ0) is 15.7. The van der Waals surface area contributed by atoms with Crippen LogP contribution in [0.25, 0.3) is 10.6 Å². The minimum absolute atomic E-state index is 0.292. The number of thiazole rings is 1. The molecule has 0 fully saturated rings. The summed E-state index contributed by atoms with van der Waals surface area (Å²) in [6.45, 7) is 2.22. The zero-order valence-electron chi connectivity index (χ0n) is 12.1. The summed E-state index contributed by atoms with van der Waals surface area (Å²) in [5.74, 6) is -0.321. The fourth-order valence-electron chi connectivity index (χ4n) is 2.11. The Morgan fingerprint density at radius 2 is 2.18 bits per heavy atom. The predicted octanol–water partition coefficient (Wildman–Crippen LogP) is 4.26. The molecule has 0 spiro atoms. The third-order valence-electron chi connectivity index (χ3n) is 3.22. The number of rotatable bonds is 4. The highest BCUT2D eigenvalue weighted by Crippen LogP contribution is 2.32. The average Bonchev–Trinajstić information content (AvgIpc) is 3.04. The number of hydrogen-bond donors (Lipinski definition) is 1. The van der Waals surface area contributed by atoms with E-state index >= 15 is 0 Å². The molecule has 2 aromatic heterocycles. The normalized spacial score (nSPS) is 10.9. The van der Waals surface area contributed by atoms with Crippen molar-refractivity contribution in [3.8, 4) is 10.6 Å². The van der Waals surface area contributed by atoms with Gasteiger partial charge in [-0.2, -0.15) is 5.10 Å². The minimum atomic E-state index is -0.321. The number of aromatic nitrogens is 3. The van der Waals surface area contributed by atoms with E-state index in [-0.39, 0.29) is 5.82 Å². The Labute approximate surface area is 136 Å². The Hall–Kier alpha value is -1.92. The van der Waals surface area contributed by atoms with E-state index in [4.69, 9.17) is 11.6 Å². The molecule has 0 atom stereocenters. The van der Waals surface area contributed by atoms with E-state index in [0.29, 0.717) is 17.1 Å². The number of nitrogens with one attached hydrogen (secondary N) is 1. The Balaban J connectivity index is 1.80. The number of nitrogens with zero attached hydrogens (tertiary/aromatic N) is 3. The van der Waals surface area contributed by atoms with Crippen molar-refractivity contribution < 1.29 is 4.39 Å². The Kier molecular flexibility index (Phi) is 4.13. The highest BCUT2D eigenvalue weighted by Gasteiger charge is 2.13. The average molecular weight is 337 g/mol. The van der Waals surface area contributed by atoms with Crippen LogP contribution in [-0.2, 0) is 13.6 Å². The molecule has 2 heterocycles. The van der Waals surface area contributed by atoms with Gasteiger partial charge in [-0.1, -0.05) is 29.0 Å². The van der Waals surface area contributed by atoms with E-state index in [1.54, 1.807) is 16.8 Å². The van der Waals surface area contributed by atoms with Crippen LogP contribution >= 0.6 is 22.9 Å². The first-order valence-electron chi connectivity index (χ1n) is 6.69. The van der Waals surface area contributed by atoms with E-state index < -0.39 is 0 Å². The van der Waals surface area contributed by atoms with Crippen LogP contribution in [0, 0.1) is 12.7 Å². The Morgan fingerprint density at radius 3 is 2.86 bits per heavy atom. The predicted molar refractivity (Wildman–Crippen MR) is 87.8 cm³/mol. The first-order chi connectivity index (χ1) is 10.5. The van der Waals surface area contributed by atoms with Crippen molar-refractivity contribution in [3.05, 3.63) is 52.6 Å². The van der Waals surface area contributed by atoms with Crippen molar-refractivity contribution in [3.63, 3.8) is 0 Å². The monoisotopic (exact) mass is 336 g/mol. The first-order valence-corrected chi connectivity index (χ1v) is 7.88. The standard InChI is InChI=1S/C15H14ClFN4S/c1-9-14(13-6-7-21(2)20-13)22-15(19-9)18-8-10-11(16)4-3-5-12(10)17/h3-7H,8H2,1-2H3,(H,18,19). The lowest BCUT2D eigenvalue weighted by Crippen LogP contribution is -2.02. The summed E-state index contributed by atoms with van der Waals surface area (Å²) in [5, 5.41) is 8.64. The molecule has 0 aliphatic carbocycles. The van der Waals surface area contributed by atoms with Crippen molar-refractivity contribution >= 4 is 28.1 Å². The quantitative estimate of drug-likeness (QED) is 0.774. The van der Waals surface area contributed by atoms with E-state index in [2.05, 4.69) is 15.4 Å². The molecule has 4 nitrogen and oxygen atoms in total. The van der Waals surface area contributed by atoms with Gasteiger partial charge in [0.2, 0.25) is 0 Å². The van der Waals surface area contributed by atoms with Crippen LogP contribution in [0.15, 0.2) is 30.5 Å². The Bertz CT molecular complexity index is 791. The maximum atomic E-state index is 13.8. The summed E-state index contributed by atoms with van der Waals surface area (Å²) in [7, 11) is 1.87. The molecule has 1 N–H and O–H groups in total. The third kappa shape index (κ3) is 2.98. The lowest BCUT2D eigenvalue weighted by molar-refractivity contribution is 0.613. The molecule has 0 bridgehead atoms. The number of aryl methyl sites for hydroxylation is 2. The summed E-state index contributed by atoms with van der Waals surface area (Å²) in [5.41, 5.74) is 2.22. The smallest absolute Gasteiger partial charge is 0.183 e. The van der Waals surface area contributed by atoms with Gasteiger partial charge in [0.1, 0.15) is 11.5 Å². The van der Waals surface area contributed by atoms with Gasteiger partial charge in [-0.3, -0.25) is 4.68 Å². The van der Waals surface area contributed by atoms with E-state index in [1.807, 2.05) is 26.2 Å². The van der Waals surface area contributed by atoms with Gasteiger partial charge in [0, 0.05) is 30.4 Å². The number of hydrogen-bond acceptors (Lipinski definition) is 4. The zero-order valence-corrected chi connectivity index (χ0v) is 13.7. The highest BCUT2D eigenvalue weighted by atomic mass is 35.5. The summed E-state index contributed by atoms with van der Waals surface area (Å²) in [4.78, 5) is 5.47. The van der Waals surface area contributed by atoms with Crippen molar-refractivity contribution in [1.82, 2.24) is 14.8 Å². The van der Waals surface area contributed by atoms with Crippen LogP contribution in [0.2, 0.25) is 5.02 Å². The molecular weight excluding hydrogens is 323 g/mol. The van der Waals surface area contributed by atoms with Crippen molar-refractivity contribution in [2.45, 2.75) is 13.5 Å². The van der Waals surface area contributed by atoms with Crippen molar-refractivity contribution in [1.29, 1.82) is 0 Å². The minimum Gasteiger partial charge on any atom is -0.357 e. The van der Waals surface area contributed by atoms with Gasteiger partial charge < -0.3 is 5.32 Å². The largest absolute Gasteiger partial charge is 0.357 e. The van der Waals surface area contributed by atoms with E-state index in [0.717, 1.165) is 21.4 Å². The number of benzene rings is 1. The van der Waals surface area contributed by atoms with Crippen LogP contribution in [-0.4, -0.2) is 14.8 Å². The second-order valence-electron chi connectivity index (χ2n) is 4.86. The molecule has 7 heteroatoms. The second-order valence-corrected chi connectivity index (χ2v) is 6.27. The molecular formula is C15H14ClFN4S. The number of halogens is 2. The van der Waals surface area contributed by atoms with Gasteiger partial charge in [-0.15, -0.1) is 0 Å². The van der Waals surface area contributed by atoms with Crippen LogP contribution in [0.1, 0.15) is 11.3 Å². The molecule has 22 heavy (non-hydrogen) atoms. The van der Waals surface area contributed by atoms with Gasteiger partial charge in [0.05, 0.1) is 10.6 Å². The van der Waals surface area contributed by atoms with Gasteiger partial charge in [-0.25, -0.2) is 9.37 Å². The highest BCUT2D eigenvalue weighted by molar-refractivity contribution is 7.19. The van der Waals surface area contributed by atoms with Gasteiger partial charge >= 0.3 is 0 Å².